The largest absolute Gasteiger partial charge is 0.369 e. The van der Waals surface area contributed by atoms with Crippen molar-refractivity contribution >= 4 is 11.5 Å². The van der Waals surface area contributed by atoms with Crippen molar-refractivity contribution in [1.82, 2.24) is 4.90 Å². The fourth-order valence-electron chi connectivity index (χ4n) is 2.74. The maximum absolute atomic E-state index is 11.6. The fourth-order valence-corrected chi connectivity index (χ4v) is 2.74. The highest BCUT2D eigenvalue weighted by molar-refractivity contribution is 5.96. The summed E-state index contributed by atoms with van der Waals surface area (Å²) < 4.78 is 0. The first-order valence-corrected chi connectivity index (χ1v) is 7.78. The zero-order valence-corrected chi connectivity index (χ0v) is 12.9. The second-order valence-corrected chi connectivity index (χ2v) is 5.60. The standard InChI is InChI=1S/C17H26N2O/c1-4-14(3)18-10-12-19(13-11-18)16-8-6-15(7-9-16)17(20)5-2/h6-9,14H,4-5,10-13H2,1-3H3. The monoisotopic (exact) mass is 274 g/mol. The summed E-state index contributed by atoms with van der Waals surface area (Å²) in [5, 5.41) is 0. The zero-order valence-electron chi connectivity index (χ0n) is 12.9. The van der Waals surface area contributed by atoms with Crippen LogP contribution in [0.5, 0.6) is 0 Å². The molecule has 1 saturated heterocycles. The third-order valence-electron chi connectivity index (χ3n) is 4.40. The summed E-state index contributed by atoms with van der Waals surface area (Å²) in [6.45, 7) is 10.9. The maximum Gasteiger partial charge on any atom is 0.162 e. The molecule has 3 nitrogen and oxygen atoms in total. The lowest BCUT2D eigenvalue weighted by Gasteiger charge is -2.39. The first-order chi connectivity index (χ1) is 9.65. The average molecular weight is 274 g/mol. The fraction of sp³-hybridized carbons (Fsp3) is 0.588. The molecule has 1 aliphatic rings. The summed E-state index contributed by atoms with van der Waals surface area (Å²) in [6, 6.07) is 8.77. The average Bonchev–Trinajstić information content (AvgIpc) is 2.53. The van der Waals surface area contributed by atoms with Crippen LogP contribution >= 0.6 is 0 Å². The van der Waals surface area contributed by atoms with Gasteiger partial charge in [0, 0.05) is 49.9 Å². The molecule has 1 aromatic carbocycles. The molecule has 0 saturated carbocycles. The van der Waals surface area contributed by atoms with Crippen molar-refractivity contribution in [3.63, 3.8) is 0 Å². The SMILES string of the molecule is CCC(=O)c1ccc(N2CCN(C(C)CC)CC2)cc1. The maximum atomic E-state index is 11.6. The van der Waals surface area contributed by atoms with Gasteiger partial charge in [0.05, 0.1) is 0 Å². The predicted molar refractivity (Wildman–Crippen MR) is 84.6 cm³/mol. The molecular weight excluding hydrogens is 248 g/mol. The minimum Gasteiger partial charge on any atom is -0.369 e. The molecule has 110 valence electrons. The molecule has 1 aromatic rings. The van der Waals surface area contributed by atoms with Crippen molar-refractivity contribution in [1.29, 1.82) is 0 Å². The first kappa shape index (κ1) is 15.0. The highest BCUT2D eigenvalue weighted by atomic mass is 16.1. The normalized spacial score (nSPS) is 18.1. The van der Waals surface area contributed by atoms with Crippen molar-refractivity contribution in [3.8, 4) is 0 Å². The van der Waals surface area contributed by atoms with Gasteiger partial charge in [-0.2, -0.15) is 0 Å². The molecule has 1 atom stereocenters. The lowest BCUT2D eigenvalue weighted by Crippen LogP contribution is -2.49. The summed E-state index contributed by atoms with van der Waals surface area (Å²) in [6.07, 6.45) is 1.79. The van der Waals surface area contributed by atoms with Crippen LogP contribution in [0.2, 0.25) is 0 Å². The van der Waals surface area contributed by atoms with Crippen molar-refractivity contribution < 1.29 is 4.79 Å². The summed E-state index contributed by atoms with van der Waals surface area (Å²) >= 11 is 0. The van der Waals surface area contributed by atoms with E-state index in [1.54, 1.807) is 0 Å². The molecule has 0 amide bonds. The molecule has 20 heavy (non-hydrogen) atoms. The molecule has 1 aliphatic heterocycles. The molecule has 0 N–H and O–H groups in total. The number of nitrogens with zero attached hydrogens (tertiary/aromatic N) is 2. The van der Waals surface area contributed by atoms with E-state index >= 15 is 0 Å². The molecule has 1 fully saturated rings. The lowest BCUT2D eigenvalue weighted by atomic mass is 10.1. The second-order valence-electron chi connectivity index (χ2n) is 5.60. The van der Waals surface area contributed by atoms with E-state index in [2.05, 4.69) is 35.8 Å². The Labute approximate surface area is 122 Å². The van der Waals surface area contributed by atoms with Gasteiger partial charge in [-0.3, -0.25) is 9.69 Å². The molecule has 0 aliphatic carbocycles. The van der Waals surface area contributed by atoms with Gasteiger partial charge in [0.1, 0.15) is 0 Å². The number of hydrogen-bond acceptors (Lipinski definition) is 3. The molecule has 0 radical (unpaired) electrons. The Balaban J connectivity index is 1.95. The molecule has 0 aromatic heterocycles. The number of rotatable bonds is 5. The number of piperazine rings is 1. The van der Waals surface area contributed by atoms with E-state index in [9.17, 15) is 4.79 Å². The van der Waals surface area contributed by atoms with Crippen molar-refractivity contribution in [2.75, 3.05) is 31.1 Å². The van der Waals surface area contributed by atoms with E-state index in [-0.39, 0.29) is 5.78 Å². The number of Topliss-reactive ketones (excluding diaryl/α,β-unsaturated/α-hetero) is 1. The molecule has 1 unspecified atom stereocenters. The van der Waals surface area contributed by atoms with E-state index in [1.165, 1.54) is 12.1 Å². The van der Waals surface area contributed by atoms with Crippen molar-refractivity contribution in [2.45, 2.75) is 39.7 Å². The van der Waals surface area contributed by atoms with Gasteiger partial charge in [-0.25, -0.2) is 0 Å². The van der Waals surface area contributed by atoms with E-state index in [4.69, 9.17) is 0 Å². The van der Waals surface area contributed by atoms with Crippen LogP contribution in [0.3, 0.4) is 0 Å². The third kappa shape index (κ3) is 3.40. The smallest absolute Gasteiger partial charge is 0.162 e. The van der Waals surface area contributed by atoms with Gasteiger partial charge in [0.25, 0.3) is 0 Å². The van der Waals surface area contributed by atoms with Gasteiger partial charge in [-0.1, -0.05) is 13.8 Å². The van der Waals surface area contributed by atoms with Gasteiger partial charge in [-0.15, -0.1) is 0 Å². The number of anilines is 1. The Hall–Kier alpha value is -1.35. The third-order valence-corrected chi connectivity index (χ3v) is 4.40. The van der Waals surface area contributed by atoms with E-state index in [1.807, 2.05) is 19.1 Å². The molecule has 3 heteroatoms. The topological polar surface area (TPSA) is 23.6 Å². The Morgan fingerprint density at radius 1 is 1.10 bits per heavy atom. The van der Waals surface area contributed by atoms with Crippen LogP contribution in [0.4, 0.5) is 5.69 Å². The molecule has 1 heterocycles. The van der Waals surface area contributed by atoms with Gasteiger partial charge in [-0.05, 0) is 37.6 Å². The highest BCUT2D eigenvalue weighted by Gasteiger charge is 2.20. The summed E-state index contributed by atoms with van der Waals surface area (Å²) in [7, 11) is 0. The Kier molecular flexibility index (Phi) is 5.18. The minimum absolute atomic E-state index is 0.220. The summed E-state index contributed by atoms with van der Waals surface area (Å²) in [5.41, 5.74) is 2.07. The van der Waals surface area contributed by atoms with Crippen molar-refractivity contribution in [3.05, 3.63) is 29.8 Å². The minimum atomic E-state index is 0.220. The highest BCUT2D eigenvalue weighted by Crippen LogP contribution is 2.19. The number of ketones is 1. The summed E-state index contributed by atoms with van der Waals surface area (Å²) in [4.78, 5) is 16.6. The van der Waals surface area contributed by atoms with Gasteiger partial charge >= 0.3 is 0 Å². The van der Waals surface area contributed by atoms with Crippen LogP contribution in [0.15, 0.2) is 24.3 Å². The summed E-state index contributed by atoms with van der Waals surface area (Å²) in [5.74, 6) is 0.220. The first-order valence-electron chi connectivity index (χ1n) is 7.78. The second kappa shape index (κ2) is 6.89. The number of hydrogen-bond donors (Lipinski definition) is 0. The van der Waals surface area contributed by atoms with E-state index in [0.29, 0.717) is 12.5 Å². The van der Waals surface area contributed by atoms with Crippen LogP contribution in [-0.2, 0) is 0 Å². The lowest BCUT2D eigenvalue weighted by molar-refractivity contribution is 0.0988. The predicted octanol–water partition coefficient (Wildman–Crippen LogP) is 3.20. The van der Waals surface area contributed by atoms with E-state index < -0.39 is 0 Å². The molecule has 0 spiro atoms. The zero-order chi connectivity index (χ0) is 14.5. The number of carbonyl (C=O) groups is 1. The van der Waals surface area contributed by atoms with Crippen LogP contribution in [0, 0.1) is 0 Å². The molecule has 2 rings (SSSR count). The van der Waals surface area contributed by atoms with Crippen LogP contribution in [0.25, 0.3) is 0 Å². The number of benzene rings is 1. The van der Waals surface area contributed by atoms with E-state index in [0.717, 1.165) is 31.7 Å². The quantitative estimate of drug-likeness (QED) is 0.770. The van der Waals surface area contributed by atoms with Gasteiger partial charge in [0.2, 0.25) is 0 Å². The van der Waals surface area contributed by atoms with Crippen molar-refractivity contribution in [2.24, 2.45) is 0 Å². The molecule has 0 bridgehead atoms. The van der Waals surface area contributed by atoms with Gasteiger partial charge < -0.3 is 4.90 Å². The Morgan fingerprint density at radius 2 is 1.70 bits per heavy atom. The Bertz CT molecular complexity index is 433. The Morgan fingerprint density at radius 3 is 2.20 bits per heavy atom. The van der Waals surface area contributed by atoms with Crippen LogP contribution < -0.4 is 4.90 Å². The number of carbonyl (C=O) groups excluding carboxylic acids is 1. The van der Waals surface area contributed by atoms with Gasteiger partial charge in [0.15, 0.2) is 5.78 Å². The van der Waals surface area contributed by atoms with Crippen LogP contribution in [0.1, 0.15) is 44.0 Å². The molecular formula is C17H26N2O. The van der Waals surface area contributed by atoms with Crippen LogP contribution in [-0.4, -0.2) is 42.9 Å².